The summed E-state index contributed by atoms with van der Waals surface area (Å²) in [6, 6.07) is 13.7. The monoisotopic (exact) mass is 386 g/mol. The molecule has 1 aliphatic heterocycles. The van der Waals surface area contributed by atoms with E-state index in [4.69, 9.17) is 4.74 Å². The van der Waals surface area contributed by atoms with E-state index in [9.17, 15) is 8.42 Å². The van der Waals surface area contributed by atoms with Crippen molar-refractivity contribution in [2.24, 2.45) is 0 Å². The van der Waals surface area contributed by atoms with Gasteiger partial charge in [0.25, 0.3) is 0 Å². The summed E-state index contributed by atoms with van der Waals surface area (Å²) in [6.07, 6.45) is 2.51. The number of likely N-dealkylation sites (N-methyl/N-ethyl adjacent to an activating group) is 1. The number of aryl methyl sites for hydroxylation is 1. The highest BCUT2D eigenvalue weighted by Crippen LogP contribution is 2.29. The zero-order valence-corrected chi connectivity index (χ0v) is 16.8. The molecule has 144 valence electrons. The minimum atomic E-state index is -3.52. The molecule has 0 spiro atoms. The van der Waals surface area contributed by atoms with Gasteiger partial charge in [-0.25, -0.2) is 13.1 Å². The van der Waals surface area contributed by atoms with Crippen molar-refractivity contribution in [1.29, 1.82) is 0 Å². The smallest absolute Gasteiger partial charge is 0.233 e. The summed E-state index contributed by atoms with van der Waals surface area (Å²) in [5, 5.41) is 1.22. The summed E-state index contributed by atoms with van der Waals surface area (Å²) in [5.74, 6) is 0.929. The van der Waals surface area contributed by atoms with E-state index in [-0.39, 0.29) is 6.04 Å². The van der Waals surface area contributed by atoms with Crippen LogP contribution < -0.4 is 9.46 Å². The Balaban J connectivity index is 1.69. The van der Waals surface area contributed by atoms with Crippen molar-refractivity contribution >= 4 is 16.1 Å². The van der Waals surface area contributed by atoms with Crippen molar-refractivity contribution in [2.45, 2.75) is 19.4 Å². The van der Waals surface area contributed by atoms with Gasteiger partial charge in [-0.05, 0) is 49.9 Å². The van der Waals surface area contributed by atoms with Gasteiger partial charge in [-0.1, -0.05) is 42.0 Å². The largest absolute Gasteiger partial charge is 0.493 e. The molecule has 2 aromatic carbocycles. The first-order valence-electron chi connectivity index (χ1n) is 9.00. The van der Waals surface area contributed by atoms with Crippen LogP contribution in [0.2, 0.25) is 0 Å². The van der Waals surface area contributed by atoms with Crippen LogP contribution in [0.3, 0.4) is 0 Å². The van der Waals surface area contributed by atoms with Crippen LogP contribution in [-0.4, -0.2) is 40.6 Å². The van der Waals surface area contributed by atoms with E-state index in [1.54, 1.807) is 6.08 Å². The van der Waals surface area contributed by atoms with Crippen LogP contribution in [0.1, 0.15) is 28.3 Å². The summed E-state index contributed by atoms with van der Waals surface area (Å²) in [7, 11) is 0.379. The predicted octanol–water partition coefficient (Wildman–Crippen LogP) is 3.12. The molecule has 0 amide bonds. The fourth-order valence-corrected chi connectivity index (χ4v) is 3.92. The first-order chi connectivity index (χ1) is 12.8. The van der Waals surface area contributed by atoms with Crippen LogP contribution in [0.25, 0.3) is 6.08 Å². The van der Waals surface area contributed by atoms with Gasteiger partial charge in [0.2, 0.25) is 10.0 Å². The molecular weight excluding hydrogens is 360 g/mol. The lowest BCUT2D eigenvalue weighted by Gasteiger charge is -2.25. The molecule has 0 aromatic heterocycles. The molecule has 6 heteroatoms. The molecule has 0 saturated heterocycles. The maximum Gasteiger partial charge on any atom is 0.233 e. The van der Waals surface area contributed by atoms with Gasteiger partial charge >= 0.3 is 0 Å². The Morgan fingerprint density at radius 3 is 2.63 bits per heavy atom. The Labute approximate surface area is 161 Å². The number of nitrogens with zero attached hydrogens (tertiary/aromatic N) is 1. The van der Waals surface area contributed by atoms with E-state index in [2.05, 4.69) is 10.8 Å². The maximum absolute atomic E-state index is 12.4. The predicted molar refractivity (Wildman–Crippen MR) is 109 cm³/mol. The molecule has 0 fully saturated rings. The molecule has 0 radical (unpaired) electrons. The van der Waals surface area contributed by atoms with Gasteiger partial charge in [0.15, 0.2) is 0 Å². The second kappa shape index (κ2) is 8.25. The normalized spacial score (nSPS) is 15.1. The summed E-state index contributed by atoms with van der Waals surface area (Å²) in [5.41, 5.74) is 4.26. The van der Waals surface area contributed by atoms with Gasteiger partial charge in [-0.2, -0.15) is 0 Å². The van der Waals surface area contributed by atoms with E-state index >= 15 is 0 Å². The number of benzene rings is 2. The molecule has 3 rings (SSSR count). The lowest BCUT2D eigenvalue weighted by atomic mass is 10.0. The number of hydrogen-bond donors (Lipinski definition) is 1. The van der Waals surface area contributed by atoms with Gasteiger partial charge in [0, 0.05) is 24.4 Å². The lowest BCUT2D eigenvalue weighted by Crippen LogP contribution is -2.33. The van der Waals surface area contributed by atoms with Crippen molar-refractivity contribution in [3.05, 3.63) is 70.1 Å². The third-order valence-corrected chi connectivity index (χ3v) is 5.78. The zero-order chi connectivity index (χ0) is 19.4. The number of ether oxygens (including phenoxy) is 1. The Hall–Kier alpha value is -2.15. The number of hydrogen-bond acceptors (Lipinski definition) is 4. The Bertz CT molecular complexity index is 919. The van der Waals surface area contributed by atoms with Crippen molar-refractivity contribution in [3.63, 3.8) is 0 Å². The van der Waals surface area contributed by atoms with Crippen molar-refractivity contribution in [3.8, 4) is 5.75 Å². The van der Waals surface area contributed by atoms with Crippen molar-refractivity contribution in [2.75, 3.05) is 27.2 Å². The van der Waals surface area contributed by atoms with E-state index in [0.29, 0.717) is 13.2 Å². The highest BCUT2D eigenvalue weighted by Gasteiger charge is 2.20. The summed E-state index contributed by atoms with van der Waals surface area (Å²) in [6.45, 7) is 3.01. The molecule has 27 heavy (non-hydrogen) atoms. The van der Waals surface area contributed by atoms with Gasteiger partial charge in [-0.15, -0.1) is 0 Å². The molecular formula is C21H26N2O3S. The number of rotatable bonds is 7. The fourth-order valence-electron chi connectivity index (χ4n) is 3.10. The highest BCUT2D eigenvalue weighted by molar-refractivity contribution is 7.92. The summed E-state index contributed by atoms with van der Waals surface area (Å²) in [4.78, 5) is 2.02. The molecule has 1 heterocycles. The average Bonchev–Trinajstić information content (AvgIpc) is 3.09. The molecule has 2 aromatic rings. The molecule has 1 N–H and O–H groups in total. The van der Waals surface area contributed by atoms with Crippen LogP contribution in [0, 0.1) is 6.92 Å². The Morgan fingerprint density at radius 2 is 1.93 bits per heavy atom. The minimum absolute atomic E-state index is 0.0570. The lowest BCUT2D eigenvalue weighted by molar-refractivity contribution is 0.299. The first-order valence-corrected chi connectivity index (χ1v) is 10.6. The molecule has 0 bridgehead atoms. The van der Waals surface area contributed by atoms with Crippen LogP contribution in [0.15, 0.2) is 47.9 Å². The minimum Gasteiger partial charge on any atom is -0.493 e. The summed E-state index contributed by atoms with van der Waals surface area (Å²) < 4.78 is 33.0. The molecule has 1 unspecified atom stereocenters. The standard InChI is InChI=1S/C21H26N2O3S/c1-16-4-6-17(7-5-16)11-13-27(24,25)22-15-20(23(2)3)18-8-9-21-19(14-18)10-12-26-21/h4-9,11,13-14,20,22H,10,12,15H2,1-3H3/b13-11+. The topological polar surface area (TPSA) is 58.6 Å². The average molecular weight is 387 g/mol. The Morgan fingerprint density at radius 1 is 1.19 bits per heavy atom. The fraction of sp³-hybridized carbons (Fsp3) is 0.333. The van der Waals surface area contributed by atoms with Gasteiger partial charge in [0.05, 0.1) is 6.61 Å². The van der Waals surface area contributed by atoms with Crippen LogP contribution in [0.5, 0.6) is 5.75 Å². The molecule has 1 aliphatic rings. The molecule has 5 nitrogen and oxygen atoms in total. The van der Waals surface area contributed by atoms with E-state index < -0.39 is 10.0 Å². The van der Waals surface area contributed by atoms with Crippen LogP contribution in [0.4, 0.5) is 0 Å². The third-order valence-electron chi connectivity index (χ3n) is 4.72. The molecule has 1 atom stereocenters. The SMILES string of the molecule is Cc1ccc(/C=C/S(=O)(=O)NCC(c2ccc3c(c2)CCO3)N(C)C)cc1. The molecule has 0 aliphatic carbocycles. The molecule has 0 saturated carbocycles. The second-order valence-corrected chi connectivity index (χ2v) is 8.70. The zero-order valence-electron chi connectivity index (χ0n) is 16.0. The Kier molecular flexibility index (Phi) is 5.99. The maximum atomic E-state index is 12.4. The van der Waals surface area contributed by atoms with Crippen LogP contribution >= 0.6 is 0 Å². The summed E-state index contributed by atoms with van der Waals surface area (Å²) >= 11 is 0. The highest BCUT2D eigenvalue weighted by atomic mass is 32.2. The van der Waals surface area contributed by atoms with Gasteiger partial charge in [0.1, 0.15) is 5.75 Å². The van der Waals surface area contributed by atoms with E-state index in [1.165, 1.54) is 11.0 Å². The van der Waals surface area contributed by atoms with E-state index in [0.717, 1.165) is 28.9 Å². The number of nitrogens with one attached hydrogen (secondary N) is 1. The van der Waals surface area contributed by atoms with Crippen molar-refractivity contribution < 1.29 is 13.2 Å². The number of fused-ring (bicyclic) bond motifs is 1. The first kappa shape index (κ1) is 19.6. The van der Waals surface area contributed by atoms with Gasteiger partial charge < -0.3 is 9.64 Å². The second-order valence-electron chi connectivity index (χ2n) is 7.05. The quantitative estimate of drug-likeness (QED) is 0.794. The van der Waals surface area contributed by atoms with Crippen LogP contribution in [-0.2, 0) is 16.4 Å². The van der Waals surface area contributed by atoms with E-state index in [1.807, 2.05) is 62.3 Å². The van der Waals surface area contributed by atoms with Gasteiger partial charge in [-0.3, -0.25) is 0 Å². The number of sulfonamides is 1. The third kappa shape index (κ3) is 5.19. The van der Waals surface area contributed by atoms with Crippen molar-refractivity contribution in [1.82, 2.24) is 9.62 Å².